The van der Waals surface area contributed by atoms with Gasteiger partial charge in [-0.25, -0.2) is 0 Å². The maximum atomic E-state index is 11.7. The Balaban J connectivity index is 0.000000686. The van der Waals surface area contributed by atoms with Crippen molar-refractivity contribution in [2.75, 3.05) is 5.73 Å². The van der Waals surface area contributed by atoms with Crippen LogP contribution in [0.4, 0.5) is 5.69 Å². The first-order chi connectivity index (χ1) is 8.18. The van der Waals surface area contributed by atoms with Crippen LogP contribution >= 0.6 is 0 Å². The zero-order valence-corrected chi connectivity index (χ0v) is 10.5. The number of anilines is 1. The predicted octanol–water partition coefficient (Wildman–Crippen LogP) is 1.80. The van der Waals surface area contributed by atoms with Gasteiger partial charge < -0.3 is 11.1 Å². The van der Waals surface area contributed by atoms with E-state index in [1.54, 1.807) is 18.3 Å². The van der Waals surface area contributed by atoms with Crippen molar-refractivity contribution in [3.63, 3.8) is 0 Å². The molecule has 0 saturated carbocycles. The molecule has 1 aliphatic rings. The van der Waals surface area contributed by atoms with Crippen molar-refractivity contribution in [2.24, 2.45) is 0 Å². The number of nitrogen functional groups attached to an aromatic ring is 1. The lowest BCUT2D eigenvalue weighted by Gasteiger charge is -2.19. The molecule has 0 saturated heterocycles. The molecule has 17 heavy (non-hydrogen) atoms. The molecule has 1 atom stereocenters. The van der Waals surface area contributed by atoms with E-state index in [4.69, 9.17) is 5.73 Å². The van der Waals surface area contributed by atoms with E-state index in [1.165, 1.54) is 4.57 Å². The van der Waals surface area contributed by atoms with Crippen LogP contribution < -0.4 is 16.6 Å². The third-order valence-corrected chi connectivity index (χ3v) is 2.27. The molecule has 0 bridgehead atoms. The van der Waals surface area contributed by atoms with Gasteiger partial charge in [0, 0.05) is 12.2 Å². The SMILES string of the molecule is CC.CC1C=CC=C(n2cccc(N)c2=O)N1. The van der Waals surface area contributed by atoms with Gasteiger partial charge in [0.15, 0.2) is 0 Å². The number of dihydropyridines is 1. The number of pyridine rings is 1. The van der Waals surface area contributed by atoms with Gasteiger partial charge in [-0.3, -0.25) is 9.36 Å². The second kappa shape index (κ2) is 5.94. The first-order valence-corrected chi connectivity index (χ1v) is 5.81. The summed E-state index contributed by atoms with van der Waals surface area (Å²) in [6.07, 6.45) is 7.48. The van der Waals surface area contributed by atoms with Gasteiger partial charge in [-0.2, -0.15) is 0 Å². The number of aromatic nitrogens is 1. The van der Waals surface area contributed by atoms with Gasteiger partial charge in [0.2, 0.25) is 0 Å². The Kier molecular flexibility index (Phi) is 4.57. The van der Waals surface area contributed by atoms with Gasteiger partial charge >= 0.3 is 0 Å². The molecule has 0 spiro atoms. The molecule has 0 amide bonds. The second-order valence-corrected chi connectivity index (χ2v) is 3.51. The van der Waals surface area contributed by atoms with Crippen molar-refractivity contribution in [3.8, 4) is 0 Å². The molecule has 4 heteroatoms. The lowest BCUT2D eigenvalue weighted by atomic mass is 10.2. The van der Waals surface area contributed by atoms with Crippen molar-refractivity contribution in [3.05, 3.63) is 46.9 Å². The molecule has 2 heterocycles. The Morgan fingerprint density at radius 2 is 2.12 bits per heavy atom. The third-order valence-electron chi connectivity index (χ3n) is 2.27. The molecular formula is C13H19N3O. The van der Waals surface area contributed by atoms with Crippen LogP contribution in [-0.4, -0.2) is 10.6 Å². The highest BCUT2D eigenvalue weighted by Crippen LogP contribution is 2.06. The van der Waals surface area contributed by atoms with Crippen LogP contribution in [0.2, 0.25) is 0 Å². The molecule has 0 fully saturated rings. The molecule has 92 valence electrons. The molecule has 1 aliphatic heterocycles. The summed E-state index contributed by atoms with van der Waals surface area (Å²) in [7, 11) is 0. The Hall–Kier alpha value is -1.97. The molecule has 0 aromatic carbocycles. The van der Waals surface area contributed by atoms with Crippen LogP contribution in [0.3, 0.4) is 0 Å². The summed E-state index contributed by atoms with van der Waals surface area (Å²) >= 11 is 0. The van der Waals surface area contributed by atoms with Crippen LogP contribution in [0, 0.1) is 0 Å². The first-order valence-electron chi connectivity index (χ1n) is 5.81. The summed E-state index contributed by atoms with van der Waals surface area (Å²) in [4.78, 5) is 11.7. The summed E-state index contributed by atoms with van der Waals surface area (Å²) in [6, 6.07) is 3.57. The van der Waals surface area contributed by atoms with Crippen molar-refractivity contribution in [2.45, 2.75) is 26.8 Å². The molecule has 3 N–H and O–H groups in total. The average molecular weight is 233 g/mol. The molecule has 0 aliphatic carbocycles. The Bertz CT molecular complexity index is 486. The topological polar surface area (TPSA) is 60.0 Å². The van der Waals surface area contributed by atoms with E-state index in [2.05, 4.69) is 5.32 Å². The smallest absolute Gasteiger partial charge is 0.279 e. The van der Waals surface area contributed by atoms with E-state index in [0.29, 0.717) is 0 Å². The summed E-state index contributed by atoms with van der Waals surface area (Å²) in [6.45, 7) is 6.01. The minimum atomic E-state index is -0.196. The Morgan fingerprint density at radius 3 is 2.76 bits per heavy atom. The van der Waals surface area contributed by atoms with Gasteiger partial charge in [-0.05, 0) is 25.1 Å². The van der Waals surface area contributed by atoms with E-state index in [1.807, 2.05) is 39.0 Å². The highest BCUT2D eigenvalue weighted by atomic mass is 16.1. The first kappa shape index (κ1) is 13.1. The summed E-state index contributed by atoms with van der Waals surface area (Å²) in [5.74, 6) is 0.752. The molecule has 0 radical (unpaired) electrons. The fraction of sp³-hybridized carbons (Fsp3) is 0.308. The summed E-state index contributed by atoms with van der Waals surface area (Å²) in [5, 5.41) is 3.18. The normalized spacial score (nSPS) is 17.6. The van der Waals surface area contributed by atoms with Gasteiger partial charge in [0.1, 0.15) is 5.82 Å². The zero-order chi connectivity index (χ0) is 12.8. The summed E-state index contributed by atoms with van der Waals surface area (Å²) < 4.78 is 1.51. The van der Waals surface area contributed by atoms with Crippen molar-refractivity contribution < 1.29 is 0 Å². The standard InChI is InChI=1S/C11H13N3O.C2H6/c1-8-4-2-6-10(13-8)14-7-3-5-9(12)11(14)15;1-2/h2-8,13H,12H2,1H3;1-2H3. The van der Waals surface area contributed by atoms with Crippen LogP contribution in [0.1, 0.15) is 20.8 Å². The quantitative estimate of drug-likeness (QED) is 0.777. The maximum absolute atomic E-state index is 11.7. The van der Waals surface area contributed by atoms with E-state index in [9.17, 15) is 4.79 Å². The molecule has 2 rings (SSSR count). The Labute approximate surface area is 101 Å². The predicted molar refractivity (Wildman–Crippen MR) is 72.5 cm³/mol. The third kappa shape index (κ3) is 3.00. The number of hydrogen-bond acceptors (Lipinski definition) is 3. The monoisotopic (exact) mass is 233 g/mol. The molecule has 1 aromatic rings. The highest BCUT2D eigenvalue weighted by molar-refractivity contribution is 5.51. The van der Waals surface area contributed by atoms with Gasteiger partial charge in [0.25, 0.3) is 5.56 Å². The van der Waals surface area contributed by atoms with E-state index < -0.39 is 0 Å². The van der Waals surface area contributed by atoms with Crippen LogP contribution in [0.25, 0.3) is 5.82 Å². The summed E-state index contributed by atoms with van der Waals surface area (Å²) in [5.41, 5.74) is 5.61. The highest BCUT2D eigenvalue weighted by Gasteiger charge is 2.08. The van der Waals surface area contributed by atoms with Crippen molar-refractivity contribution in [1.82, 2.24) is 9.88 Å². The lowest BCUT2D eigenvalue weighted by Crippen LogP contribution is -2.33. The van der Waals surface area contributed by atoms with Gasteiger partial charge in [0.05, 0.1) is 5.69 Å². The van der Waals surface area contributed by atoms with Crippen molar-refractivity contribution >= 4 is 11.5 Å². The van der Waals surface area contributed by atoms with E-state index in [0.717, 1.165) is 5.82 Å². The Morgan fingerprint density at radius 1 is 1.41 bits per heavy atom. The number of nitrogens with zero attached hydrogens (tertiary/aromatic N) is 1. The molecule has 1 unspecified atom stereocenters. The number of hydrogen-bond donors (Lipinski definition) is 2. The van der Waals surface area contributed by atoms with Crippen molar-refractivity contribution in [1.29, 1.82) is 0 Å². The number of nitrogens with two attached hydrogens (primary N) is 1. The number of allylic oxidation sites excluding steroid dienone is 2. The second-order valence-electron chi connectivity index (χ2n) is 3.51. The minimum absolute atomic E-state index is 0.196. The number of nitrogens with one attached hydrogen (secondary N) is 1. The van der Waals surface area contributed by atoms with Gasteiger partial charge in [-0.15, -0.1) is 0 Å². The van der Waals surface area contributed by atoms with Crippen LogP contribution in [0.15, 0.2) is 41.4 Å². The maximum Gasteiger partial charge on any atom is 0.279 e. The fourth-order valence-corrected chi connectivity index (χ4v) is 1.49. The molecular weight excluding hydrogens is 214 g/mol. The molecule has 4 nitrogen and oxygen atoms in total. The molecule has 1 aromatic heterocycles. The zero-order valence-electron chi connectivity index (χ0n) is 10.5. The largest absolute Gasteiger partial charge is 0.394 e. The lowest BCUT2D eigenvalue weighted by molar-refractivity contribution is 0.732. The van der Waals surface area contributed by atoms with Crippen LogP contribution in [-0.2, 0) is 0 Å². The van der Waals surface area contributed by atoms with E-state index in [-0.39, 0.29) is 17.3 Å². The average Bonchev–Trinajstić information content (AvgIpc) is 2.35. The number of rotatable bonds is 1. The van der Waals surface area contributed by atoms with Crippen LogP contribution in [0.5, 0.6) is 0 Å². The fourth-order valence-electron chi connectivity index (χ4n) is 1.49. The van der Waals surface area contributed by atoms with Gasteiger partial charge in [-0.1, -0.05) is 26.0 Å². The van der Waals surface area contributed by atoms with E-state index >= 15 is 0 Å². The minimum Gasteiger partial charge on any atom is -0.394 e.